The highest BCUT2D eigenvalue weighted by molar-refractivity contribution is 5.92. The quantitative estimate of drug-likeness (QED) is 0.217. The van der Waals surface area contributed by atoms with Gasteiger partial charge in [-0.3, -0.25) is 19.2 Å². The first-order chi connectivity index (χ1) is 8.99. The van der Waals surface area contributed by atoms with E-state index in [1.807, 2.05) is 0 Å². The van der Waals surface area contributed by atoms with Gasteiger partial charge < -0.3 is 29.2 Å². The van der Waals surface area contributed by atoms with Crippen LogP contribution in [0.2, 0.25) is 0 Å². The SMILES string of the molecule is O=C(CC(=O)OCOC(=O)CC(=O)OCO)OCO. The zero-order chi connectivity index (χ0) is 14.7. The second kappa shape index (κ2) is 9.79. The second-order valence-corrected chi connectivity index (χ2v) is 2.79. The number of ether oxygens (including phenoxy) is 4. The number of esters is 4. The fourth-order valence-electron chi connectivity index (χ4n) is 0.745. The molecule has 0 saturated heterocycles. The Morgan fingerprint density at radius 2 is 0.947 bits per heavy atom. The predicted molar refractivity (Wildman–Crippen MR) is 52.6 cm³/mol. The standard InChI is InChI=1S/C9H12O10/c10-3-16-6(12)1-8(14)18-5-19-9(15)2-7(13)17-4-11/h10-11H,1-5H2. The molecule has 0 aliphatic heterocycles. The number of rotatable bonds is 8. The summed E-state index contributed by atoms with van der Waals surface area (Å²) in [6.45, 7) is -2.53. The van der Waals surface area contributed by atoms with Crippen LogP contribution in [-0.4, -0.2) is 54.5 Å². The van der Waals surface area contributed by atoms with Crippen molar-refractivity contribution in [2.45, 2.75) is 12.8 Å². The van der Waals surface area contributed by atoms with Crippen molar-refractivity contribution in [1.29, 1.82) is 0 Å². The Morgan fingerprint density at radius 3 is 1.26 bits per heavy atom. The number of carbonyl (C=O) groups is 4. The van der Waals surface area contributed by atoms with Gasteiger partial charge in [-0.15, -0.1) is 0 Å². The summed E-state index contributed by atoms with van der Waals surface area (Å²) < 4.78 is 16.7. The van der Waals surface area contributed by atoms with Crippen LogP contribution in [-0.2, 0) is 38.1 Å². The molecular weight excluding hydrogens is 268 g/mol. The van der Waals surface area contributed by atoms with Crippen molar-refractivity contribution < 1.29 is 48.3 Å². The van der Waals surface area contributed by atoms with E-state index in [0.717, 1.165) is 0 Å². The maximum Gasteiger partial charge on any atom is 0.320 e. The van der Waals surface area contributed by atoms with E-state index >= 15 is 0 Å². The third kappa shape index (κ3) is 9.50. The van der Waals surface area contributed by atoms with Crippen LogP contribution in [0.15, 0.2) is 0 Å². The smallest absolute Gasteiger partial charge is 0.320 e. The summed E-state index contributed by atoms with van der Waals surface area (Å²) in [5.74, 6) is -4.09. The highest BCUT2D eigenvalue weighted by atomic mass is 16.7. The third-order valence-electron chi connectivity index (χ3n) is 1.47. The largest absolute Gasteiger partial charge is 0.438 e. The molecule has 0 aromatic carbocycles. The van der Waals surface area contributed by atoms with Crippen LogP contribution < -0.4 is 0 Å². The van der Waals surface area contributed by atoms with Crippen molar-refractivity contribution in [2.75, 3.05) is 20.4 Å². The molecular formula is C9H12O10. The van der Waals surface area contributed by atoms with Gasteiger partial charge in [0.15, 0.2) is 13.6 Å². The minimum atomic E-state index is -1.04. The van der Waals surface area contributed by atoms with Crippen LogP contribution in [0.4, 0.5) is 0 Å². The predicted octanol–water partition coefficient (Wildman–Crippen LogP) is -2.20. The molecule has 0 radical (unpaired) electrons. The zero-order valence-electron chi connectivity index (χ0n) is 9.70. The fraction of sp³-hybridized carbons (Fsp3) is 0.556. The molecule has 0 aliphatic rings. The summed E-state index contributed by atoms with van der Waals surface area (Å²) in [6, 6.07) is 0. The maximum atomic E-state index is 10.9. The van der Waals surface area contributed by atoms with Crippen LogP contribution in [0.5, 0.6) is 0 Å². The molecule has 108 valence electrons. The van der Waals surface area contributed by atoms with E-state index < -0.39 is 57.1 Å². The molecule has 0 aromatic heterocycles. The van der Waals surface area contributed by atoms with Crippen molar-refractivity contribution in [1.82, 2.24) is 0 Å². The van der Waals surface area contributed by atoms with Crippen molar-refractivity contribution in [2.24, 2.45) is 0 Å². The van der Waals surface area contributed by atoms with Gasteiger partial charge in [0.25, 0.3) is 0 Å². The Morgan fingerprint density at radius 1 is 0.632 bits per heavy atom. The van der Waals surface area contributed by atoms with Gasteiger partial charge in [-0.25, -0.2) is 0 Å². The number of carbonyl (C=O) groups excluding carboxylic acids is 4. The molecule has 0 aliphatic carbocycles. The molecule has 19 heavy (non-hydrogen) atoms. The van der Waals surface area contributed by atoms with Crippen LogP contribution in [0.25, 0.3) is 0 Å². The molecule has 0 amide bonds. The van der Waals surface area contributed by atoms with E-state index in [1.165, 1.54) is 0 Å². The van der Waals surface area contributed by atoms with Gasteiger partial charge in [0.05, 0.1) is 0 Å². The first-order valence-electron chi connectivity index (χ1n) is 4.83. The summed E-state index contributed by atoms with van der Waals surface area (Å²) in [4.78, 5) is 43.2. The molecule has 0 fully saturated rings. The lowest BCUT2D eigenvalue weighted by Gasteiger charge is -2.05. The fourth-order valence-corrected chi connectivity index (χ4v) is 0.745. The molecule has 0 saturated carbocycles. The highest BCUT2D eigenvalue weighted by Crippen LogP contribution is 1.94. The van der Waals surface area contributed by atoms with E-state index in [2.05, 4.69) is 18.9 Å². The minimum absolute atomic E-state index is 0.759. The van der Waals surface area contributed by atoms with E-state index in [4.69, 9.17) is 10.2 Å². The lowest BCUT2D eigenvalue weighted by molar-refractivity contribution is -0.172. The first-order valence-corrected chi connectivity index (χ1v) is 4.83. The van der Waals surface area contributed by atoms with Crippen LogP contribution in [0, 0.1) is 0 Å². The Labute approximate surface area is 106 Å². The number of hydrogen-bond donors (Lipinski definition) is 2. The Bertz CT molecular complexity index is 304. The summed E-state index contributed by atoms with van der Waals surface area (Å²) in [7, 11) is 0. The molecule has 0 unspecified atom stereocenters. The molecule has 0 rings (SSSR count). The van der Waals surface area contributed by atoms with Gasteiger partial charge in [0.2, 0.25) is 6.79 Å². The molecule has 2 N–H and O–H groups in total. The number of aliphatic hydroxyl groups is 2. The maximum absolute atomic E-state index is 10.9. The van der Waals surface area contributed by atoms with E-state index in [1.54, 1.807) is 0 Å². The van der Waals surface area contributed by atoms with Crippen LogP contribution >= 0.6 is 0 Å². The number of hydrogen-bond acceptors (Lipinski definition) is 10. The van der Waals surface area contributed by atoms with Gasteiger partial charge in [0, 0.05) is 0 Å². The second-order valence-electron chi connectivity index (χ2n) is 2.79. The molecule has 0 spiro atoms. The topological polar surface area (TPSA) is 146 Å². The van der Waals surface area contributed by atoms with E-state index in [-0.39, 0.29) is 0 Å². The van der Waals surface area contributed by atoms with Gasteiger partial charge in [-0.1, -0.05) is 0 Å². The Balaban J connectivity index is 3.72. The number of aliphatic hydroxyl groups excluding tert-OH is 2. The van der Waals surface area contributed by atoms with Crippen LogP contribution in [0.1, 0.15) is 12.8 Å². The molecule has 0 bridgehead atoms. The summed E-state index contributed by atoms with van der Waals surface area (Å²) in [5.41, 5.74) is 0. The lowest BCUT2D eigenvalue weighted by Crippen LogP contribution is -2.19. The summed E-state index contributed by atoms with van der Waals surface area (Å²) >= 11 is 0. The Hall–Kier alpha value is -2.20. The molecule has 10 nitrogen and oxygen atoms in total. The Kier molecular flexibility index (Phi) is 8.66. The van der Waals surface area contributed by atoms with Gasteiger partial charge in [0.1, 0.15) is 12.8 Å². The van der Waals surface area contributed by atoms with Crippen LogP contribution in [0.3, 0.4) is 0 Å². The lowest BCUT2D eigenvalue weighted by atomic mass is 10.4. The average molecular weight is 280 g/mol. The normalized spacial score (nSPS) is 9.37. The monoisotopic (exact) mass is 280 g/mol. The first kappa shape index (κ1) is 16.8. The summed E-state index contributed by atoms with van der Waals surface area (Å²) in [6.07, 6.45) is -1.52. The van der Waals surface area contributed by atoms with E-state index in [9.17, 15) is 19.2 Å². The summed E-state index contributed by atoms with van der Waals surface area (Å²) in [5, 5.41) is 16.4. The minimum Gasteiger partial charge on any atom is -0.438 e. The van der Waals surface area contributed by atoms with Gasteiger partial charge in [-0.05, 0) is 0 Å². The van der Waals surface area contributed by atoms with Gasteiger partial charge in [-0.2, -0.15) is 0 Å². The molecule has 10 heteroatoms. The molecule has 0 heterocycles. The van der Waals surface area contributed by atoms with Crippen molar-refractivity contribution in [3.63, 3.8) is 0 Å². The van der Waals surface area contributed by atoms with Crippen molar-refractivity contribution in [3.8, 4) is 0 Å². The zero-order valence-corrected chi connectivity index (χ0v) is 9.70. The molecule has 0 atom stereocenters. The van der Waals surface area contributed by atoms with Gasteiger partial charge >= 0.3 is 23.9 Å². The van der Waals surface area contributed by atoms with Crippen molar-refractivity contribution in [3.05, 3.63) is 0 Å². The highest BCUT2D eigenvalue weighted by Gasteiger charge is 2.14. The molecule has 0 aromatic rings. The third-order valence-corrected chi connectivity index (χ3v) is 1.47. The van der Waals surface area contributed by atoms with E-state index in [0.29, 0.717) is 0 Å². The van der Waals surface area contributed by atoms with Crippen molar-refractivity contribution >= 4 is 23.9 Å². The average Bonchev–Trinajstić information content (AvgIpc) is 2.28.